The summed E-state index contributed by atoms with van der Waals surface area (Å²) in [4.78, 5) is 0.133. The fourth-order valence-corrected chi connectivity index (χ4v) is 4.25. The first-order valence-electron chi connectivity index (χ1n) is 10.3. The van der Waals surface area contributed by atoms with Gasteiger partial charge >= 0.3 is 10.1 Å². The van der Waals surface area contributed by atoms with Crippen LogP contribution in [-0.4, -0.2) is 13.5 Å². The van der Waals surface area contributed by atoms with Gasteiger partial charge in [0, 0.05) is 22.5 Å². The van der Waals surface area contributed by atoms with Crippen molar-refractivity contribution in [2.75, 3.05) is 5.32 Å². The topological polar surface area (TPSA) is 75.6 Å². The number of benzene rings is 3. The molecule has 5 nitrogen and oxygen atoms in total. The van der Waals surface area contributed by atoms with E-state index in [1.807, 2.05) is 46.8 Å². The van der Waals surface area contributed by atoms with Crippen LogP contribution in [0.4, 0.5) is 11.4 Å². The van der Waals surface area contributed by atoms with E-state index >= 15 is 0 Å². The Morgan fingerprint density at radius 1 is 0.806 bits per heavy atom. The molecule has 2 N–H and O–H groups in total. The van der Waals surface area contributed by atoms with Gasteiger partial charge in [0.05, 0.1) is 0 Å². The summed E-state index contributed by atoms with van der Waals surface area (Å²) in [6, 6.07) is 17.3. The second-order valence-electron chi connectivity index (χ2n) is 8.32. The van der Waals surface area contributed by atoms with Crippen LogP contribution in [0.3, 0.4) is 0 Å². The average molecular weight is 440 g/mol. The van der Waals surface area contributed by atoms with E-state index in [0.717, 1.165) is 28.1 Å². The van der Waals surface area contributed by atoms with E-state index in [0.29, 0.717) is 5.75 Å². The highest BCUT2D eigenvalue weighted by molar-refractivity contribution is 7.87. The van der Waals surface area contributed by atoms with Gasteiger partial charge in [-0.2, -0.15) is 8.42 Å². The zero-order chi connectivity index (χ0) is 22.8. The van der Waals surface area contributed by atoms with E-state index in [4.69, 9.17) is 4.18 Å². The molecular weight excluding hydrogens is 410 g/mol. The molecule has 3 aromatic carbocycles. The third-order valence-corrected chi connectivity index (χ3v) is 6.28. The standard InChI is InChI=1S/C25H29NO4S/c1-16(2)23-14-20(26-19-8-10-21(27)11-9-19)15-24(17(3)4)25(23)30-31(28,29)22-12-6-18(5)7-13-22/h6-17,26-27H,1-5H3. The fraction of sp³-hybridized carbons (Fsp3) is 0.280. The SMILES string of the molecule is Cc1ccc(S(=O)(=O)Oc2c(C(C)C)cc(Nc3ccc(O)cc3)cc2C(C)C)cc1. The molecule has 0 amide bonds. The van der Waals surface area contributed by atoms with Gasteiger partial charge in [0.25, 0.3) is 0 Å². The summed E-state index contributed by atoms with van der Waals surface area (Å²) in [6.07, 6.45) is 0. The van der Waals surface area contributed by atoms with E-state index in [1.165, 1.54) is 0 Å². The molecule has 0 atom stereocenters. The molecule has 0 heterocycles. The summed E-state index contributed by atoms with van der Waals surface area (Å²) in [7, 11) is -3.97. The molecule has 0 aliphatic carbocycles. The highest BCUT2D eigenvalue weighted by Gasteiger charge is 2.24. The van der Waals surface area contributed by atoms with Crippen molar-refractivity contribution in [3.63, 3.8) is 0 Å². The van der Waals surface area contributed by atoms with E-state index in [1.54, 1.807) is 48.5 Å². The van der Waals surface area contributed by atoms with Crippen molar-refractivity contribution in [3.8, 4) is 11.5 Å². The first-order chi connectivity index (χ1) is 14.6. The molecule has 0 saturated carbocycles. The minimum Gasteiger partial charge on any atom is -0.508 e. The van der Waals surface area contributed by atoms with Crippen LogP contribution in [0.2, 0.25) is 0 Å². The maximum atomic E-state index is 13.0. The van der Waals surface area contributed by atoms with Crippen LogP contribution in [-0.2, 0) is 10.1 Å². The summed E-state index contributed by atoms with van der Waals surface area (Å²) in [5, 5.41) is 12.8. The lowest BCUT2D eigenvalue weighted by Crippen LogP contribution is -2.14. The Hall–Kier alpha value is -2.99. The molecule has 0 unspecified atom stereocenters. The number of aryl methyl sites for hydroxylation is 1. The molecule has 3 rings (SSSR count). The second kappa shape index (κ2) is 9.02. The molecule has 0 bridgehead atoms. The van der Waals surface area contributed by atoms with Crippen molar-refractivity contribution in [3.05, 3.63) is 77.4 Å². The van der Waals surface area contributed by atoms with Gasteiger partial charge in [-0.05, 0) is 67.3 Å². The summed E-state index contributed by atoms with van der Waals surface area (Å²) in [5.74, 6) is 0.674. The summed E-state index contributed by atoms with van der Waals surface area (Å²) >= 11 is 0. The van der Waals surface area contributed by atoms with Gasteiger partial charge in [0.15, 0.2) is 0 Å². The molecule has 164 valence electrons. The summed E-state index contributed by atoms with van der Waals surface area (Å²) < 4.78 is 31.8. The number of rotatable bonds is 7. The first kappa shape index (κ1) is 22.7. The minimum absolute atomic E-state index is 0.0438. The van der Waals surface area contributed by atoms with Gasteiger partial charge in [-0.1, -0.05) is 45.4 Å². The predicted octanol–water partition coefficient (Wildman–Crippen LogP) is 6.46. The Labute approximate surface area is 184 Å². The van der Waals surface area contributed by atoms with Crippen LogP contribution in [0.5, 0.6) is 11.5 Å². The van der Waals surface area contributed by atoms with Gasteiger partial charge in [-0.25, -0.2) is 0 Å². The molecule has 31 heavy (non-hydrogen) atoms. The zero-order valence-electron chi connectivity index (χ0n) is 18.5. The monoisotopic (exact) mass is 439 g/mol. The molecule has 0 aliphatic rings. The molecule has 0 fully saturated rings. The van der Waals surface area contributed by atoms with E-state index in [9.17, 15) is 13.5 Å². The van der Waals surface area contributed by atoms with Crippen molar-refractivity contribution in [2.24, 2.45) is 0 Å². The second-order valence-corrected chi connectivity index (χ2v) is 9.86. The van der Waals surface area contributed by atoms with E-state index < -0.39 is 10.1 Å². The zero-order valence-corrected chi connectivity index (χ0v) is 19.3. The van der Waals surface area contributed by atoms with Crippen LogP contribution in [0, 0.1) is 6.92 Å². The number of aromatic hydroxyl groups is 1. The van der Waals surface area contributed by atoms with Crippen LogP contribution in [0.1, 0.15) is 56.2 Å². The van der Waals surface area contributed by atoms with Gasteiger partial charge in [0.2, 0.25) is 0 Å². The highest BCUT2D eigenvalue weighted by atomic mass is 32.2. The average Bonchev–Trinajstić information content (AvgIpc) is 2.70. The molecule has 0 aromatic heterocycles. The Bertz CT molecular complexity index is 1120. The Balaban J connectivity index is 2.06. The summed E-state index contributed by atoms with van der Waals surface area (Å²) in [5.41, 5.74) is 4.25. The molecule has 3 aromatic rings. The predicted molar refractivity (Wildman–Crippen MR) is 125 cm³/mol. The van der Waals surface area contributed by atoms with E-state index in [2.05, 4.69) is 5.32 Å². The third kappa shape index (κ3) is 5.39. The minimum atomic E-state index is -3.97. The largest absolute Gasteiger partial charge is 0.508 e. The number of hydrogen-bond acceptors (Lipinski definition) is 5. The van der Waals surface area contributed by atoms with Crippen molar-refractivity contribution in [2.45, 2.75) is 51.3 Å². The van der Waals surface area contributed by atoms with Crippen molar-refractivity contribution in [1.82, 2.24) is 0 Å². The number of phenolic OH excluding ortho intramolecular Hbond substituents is 1. The van der Waals surface area contributed by atoms with E-state index in [-0.39, 0.29) is 22.5 Å². The molecule has 6 heteroatoms. The number of phenols is 1. The molecule has 0 saturated heterocycles. The lowest BCUT2D eigenvalue weighted by atomic mass is 9.93. The van der Waals surface area contributed by atoms with Gasteiger partial charge < -0.3 is 14.6 Å². The van der Waals surface area contributed by atoms with Crippen molar-refractivity contribution >= 4 is 21.5 Å². The molecule has 0 aliphatic heterocycles. The van der Waals surface area contributed by atoms with Crippen molar-refractivity contribution < 1.29 is 17.7 Å². The lowest BCUT2D eigenvalue weighted by molar-refractivity contribution is 0.475. The first-order valence-corrected chi connectivity index (χ1v) is 11.7. The quantitative estimate of drug-likeness (QED) is 0.326. The molecule has 0 spiro atoms. The van der Waals surface area contributed by atoms with Gasteiger partial charge in [-0.15, -0.1) is 0 Å². The van der Waals surface area contributed by atoms with Gasteiger partial charge in [0.1, 0.15) is 16.4 Å². The Kier molecular flexibility index (Phi) is 6.60. The molecular formula is C25H29NO4S. The smallest absolute Gasteiger partial charge is 0.339 e. The van der Waals surface area contributed by atoms with Crippen LogP contribution >= 0.6 is 0 Å². The van der Waals surface area contributed by atoms with Crippen LogP contribution < -0.4 is 9.50 Å². The maximum absolute atomic E-state index is 13.0. The van der Waals surface area contributed by atoms with Crippen LogP contribution in [0.25, 0.3) is 0 Å². The number of hydrogen-bond donors (Lipinski definition) is 2. The van der Waals surface area contributed by atoms with Gasteiger partial charge in [-0.3, -0.25) is 0 Å². The summed E-state index contributed by atoms with van der Waals surface area (Å²) in [6.45, 7) is 9.94. The highest BCUT2D eigenvalue weighted by Crippen LogP contribution is 2.39. The Morgan fingerprint density at radius 2 is 1.32 bits per heavy atom. The van der Waals surface area contributed by atoms with Crippen molar-refractivity contribution in [1.29, 1.82) is 0 Å². The Morgan fingerprint density at radius 3 is 1.81 bits per heavy atom. The number of anilines is 2. The lowest BCUT2D eigenvalue weighted by Gasteiger charge is -2.22. The molecule has 0 radical (unpaired) electrons. The maximum Gasteiger partial charge on any atom is 0.339 e. The van der Waals surface area contributed by atoms with Crippen LogP contribution in [0.15, 0.2) is 65.6 Å². The number of nitrogens with one attached hydrogen (secondary N) is 1. The normalized spacial score (nSPS) is 11.7. The fourth-order valence-electron chi connectivity index (χ4n) is 3.27. The third-order valence-electron chi connectivity index (χ3n) is 5.05.